The molecule has 0 aliphatic rings. The van der Waals surface area contributed by atoms with Gasteiger partial charge in [0.15, 0.2) is 0 Å². The summed E-state index contributed by atoms with van der Waals surface area (Å²) in [7, 11) is 0. The zero-order valence-electron chi connectivity index (χ0n) is 11.1. The average Bonchev–Trinajstić information content (AvgIpc) is 2.40. The molecule has 1 aromatic heterocycles. The van der Waals surface area contributed by atoms with Gasteiger partial charge in [0, 0.05) is 12.0 Å². The second-order valence-corrected chi connectivity index (χ2v) is 4.44. The van der Waals surface area contributed by atoms with E-state index in [1.54, 1.807) is 0 Å². The molecule has 0 atom stereocenters. The molecule has 0 radical (unpaired) electrons. The Labute approximate surface area is 111 Å². The summed E-state index contributed by atoms with van der Waals surface area (Å²) >= 11 is 0. The highest BCUT2D eigenvalue weighted by molar-refractivity contribution is 5.56. The Morgan fingerprint density at radius 1 is 1.53 bits per heavy atom. The third-order valence-electron chi connectivity index (χ3n) is 3.45. The molecule has 0 fully saturated rings. The van der Waals surface area contributed by atoms with E-state index in [0.717, 1.165) is 19.0 Å². The molecule has 0 bridgehead atoms. The minimum atomic E-state index is -0.569. The lowest BCUT2D eigenvalue weighted by atomic mass is 9.83. The number of hydrogen-bond acceptors (Lipinski definition) is 7. The largest absolute Gasteiger partial charge is 0.396 e. The van der Waals surface area contributed by atoms with Crippen LogP contribution in [0.5, 0.6) is 0 Å². The van der Waals surface area contributed by atoms with Crippen LogP contribution in [0.2, 0.25) is 0 Å². The number of aromatic nitrogens is 2. The summed E-state index contributed by atoms with van der Waals surface area (Å²) in [4.78, 5) is 17.7. The van der Waals surface area contributed by atoms with Gasteiger partial charge in [0.1, 0.15) is 6.20 Å². The van der Waals surface area contributed by atoms with Gasteiger partial charge in [-0.15, -0.1) is 0 Å². The Morgan fingerprint density at radius 3 is 2.63 bits per heavy atom. The maximum absolute atomic E-state index is 10.9. The third kappa shape index (κ3) is 3.50. The summed E-state index contributed by atoms with van der Waals surface area (Å²) in [6.07, 6.45) is 2.58. The Balaban J connectivity index is 2.93. The molecule has 0 spiro atoms. The number of aliphatic hydroxyl groups is 1. The van der Waals surface area contributed by atoms with E-state index in [0.29, 0.717) is 6.54 Å². The first-order chi connectivity index (χ1) is 8.98. The fourth-order valence-electron chi connectivity index (χ4n) is 1.70. The van der Waals surface area contributed by atoms with E-state index >= 15 is 0 Å². The van der Waals surface area contributed by atoms with Gasteiger partial charge in [0.2, 0.25) is 11.8 Å². The van der Waals surface area contributed by atoms with Crippen molar-refractivity contribution < 1.29 is 10.0 Å². The fraction of sp³-hybridized carbons (Fsp3) is 0.636. The van der Waals surface area contributed by atoms with Crippen molar-refractivity contribution in [3.63, 3.8) is 0 Å². The summed E-state index contributed by atoms with van der Waals surface area (Å²) in [6, 6.07) is 0. The predicted molar refractivity (Wildman–Crippen MR) is 71.7 cm³/mol. The normalized spacial score (nSPS) is 11.3. The molecule has 1 heterocycles. The highest BCUT2D eigenvalue weighted by atomic mass is 16.6. The van der Waals surface area contributed by atoms with Crippen molar-refractivity contribution in [2.75, 3.05) is 24.2 Å². The van der Waals surface area contributed by atoms with Crippen molar-refractivity contribution in [2.45, 2.75) is 26.7 Å². The van der Waals surface area contributed by atoms with Crippen molar-refractivity contribution >= 4 is 17.5 Å². The van der Waals surface area contributed by atoms with E-state index in [-0.39, 0.29) is 29.5 Å². The Hall–Kier alpha value is -1.96. The number of nitrogens with two attached hydrogens (primary N) is 1. The molecule has 4 N–H and O–H groups in total. The lowest BCUT2D eigenvalue weighted by Crippen LogP contribution is -2.32. The summed E-state index contributed by atoms with van der Waals surface area (Å²) in [5.41, 5.74) is 4.88. The van der Waals surface area contributed by atoms with Gasteiger partial charge in [-0.3, -0.25) is 10.1 Å². The van der Waals surface area contributed by atoms with Crippen LogP contribution in [-0.4, -0.2) is 33.1 Å². The molecule has 8 nitrogen and oxygen atoms in total. The molecule has 106 valence electrons. The van der Waals surface area contributed by atoms with Gasteiger partial charge in [0.05, 0.1) is 11.5 Å². The van der Waals surface area contributed by atoms with Crippen LogP contribution in [-0.2, 0) is 0 Å². The summed E-state index contributed by atoms with van der Waals surface area (Å²) < 4.78 is 0. The molecule has 0 aliphatic heterocycles. The number of nitrogens with zero attached hydrogens (tertiary/aromatic N) is 3. The first-order valence-corrected chi connectivity index (χ1v) is 6.09. The average molecular weight is 269 g/mol. The van der Waals surface area contributed by atoms with E-state index in [2.05, 4.69) is 15.3 Å². The second-order valence-electron chi connectivity index (χ2n) is 4.44. The molecule has 0 saturated heterocycles. The standard InChI is InChI=1S/C11H19N5O3/c1-3-11(4-2,7-17)6-14-9-8(16(18)19)5-13-10(12)15-9/h5,17H,3-4,6-7H2,1-2H3,(H3,12,13,14,15). The lowest BCUT2D eigenvalue weighted by Gasteiger charge is -2.29. The van der Waals surface area contributed by atoms with Gasteiger partial charge in [0.25, 0.3) is 0 Å². The molecular weight excluding hydrogens is 250 g/mol. The number of rotatable bonds is 7. The SMILES string of the molecule is CCC(CC)(CO)CNc1nc(N)ncc1[N+](=O)[O-]. The molecule has 0 amide bonds. The number of hydrogen-bond donors (Lipinski definition) is 3. The van der Waals surface area contributed by atoms with Gasteiger partial charge in [-0.05, 0) is 12.8 Å². The van der Waals surface area contributed by atoms with Gasteiger partial charge in [-0.2, -0.15) is 4.98 Å². The summed E-state index contributed by atoms with van der Waals surface area (Å²) in [5.74, 6) is 0.0490. The maximum atomic E-state index is 10.9. The number of nitrogens with one attached hydrogen (secondary N) is 1. The zero-order valence-corrected chi connectivity index (χ0v) is 11.1. The van der Waals surface area contributed by atoms with E-state index in [1.807, 2.05) is 13.8 Å². The molecule has 0 aromatic carbocycles. The smallest absolute Gasteiger partial charge is 0.329 e. The van der Waals surface area contributed by atoms with Crippen molar-refractivity contribution in [1.29, 1.82) is 0 Å². The first kappa shape index (κ1) is 15.1. The molecule has 1 aromatic rings. The summed E-state index contributed by atoms with van der Waals surface area (Å²) in [5, 5.41) is 23.2. The van der Waals surface area contributed by atoms with Crippen LogP contribution in [0.25, 0.3) is 0 Å². The highest BCUT2D eigenvalue weighted by Gasteiger charge is 2.27. The Morgan fingerprint density at radius 2 is 2.16 bits per heavy atom. The van der Waals surface area contributed by atoms with Crippen LogP contribution >= 0.6 is 0 Å². The van der Waals surface area contributed by atoms with E-state index in [1.165, 1.54) is 0 Å². The minimum absolute atomic E-state index is 0.00135. The molecule has 8 heteroatoms. The van der Waals surface area contributed by atoms with E-state index in [9.17, 15) is 15.2 Å². The topological polar surface area (TPSA) is 127 Å². The highest BCUT2D eigenvalue weighted by Crippen LogP contribution is 2.28. The number of nitro groups is 1. The molecule has 19 heavy (non-hydrogen) atoms. The van der Waals surface area contributed by atoms with Crippen LogP contribution in [0, 0.1) is 15.5 Å². The van der Waals surface area contributed by atoms with Crippen molar-refractivity contribution in [3.8, 4) is 0 Å². The summed E-state index contributed by atoms with van der Waals surface area (Å²) in [6.45, 7) is 4.31. The first-order valence-electron chi connectivity index (χ1n) is 6.09. The molecular formula is C11H19N5O3. The quantitative estimate of drug-likeness (QED) is 0.501. The lowest BCUT2D eigenvalue weighted by molar-refractivity contribution is -0.384. The molecule has 1 rings (SSSR count). The van der Waals surface area contributed by atoms with Crippen LogP contribution in [0.1, 0.15) is 26.7 Å². The van der Waals surface area contributed by atoms with Gasteiger partial charge < -0.3 is 16.2 Å². The van der Waals surface area contributed by atoms with Crippen molar-refractivity contribution in [1.82, 2.24) is 9.97 Å². The zero-order chi connectivity index (χ0) is 14.5. The van der Waals surface area contributed by atoms with Crippen LogP contribution in [0.15, 0.2) is 6.20 Å². The second kappa shape index (κ2) is 6.28. The van der Waals surface area contributed by atoms with Gasteiger partial charge in [-0.25, -0.2) is 4.98 Å². The van der Waals surface area contributed by atoms with Crippen molar-refractivity contribution in [2.24, 2.45) is 5.41 Å². The minimum Gasteiger partial charge on any atom is -0.396 e. The van der Waals surface area contributed by atoms with Crippen LogP contribution in [0.3, 0.4) is 0 Å². The number of aliphatic hydroxyl groups excluding tert-OH is 1. The predicted octanol–water partition coefficient (Wildman–Crippen LogP) is 1.18. The van der Waals surface area contributed by atoms with Crippen LogP contribution in [0.4, 0.5) is 17.5 Å². The number of anilines is 2. The molecule has 0 saturated carbocycles. The van der Waals surface area contributed by atoms with Crippen LogP contribution < -0.4 is 11.1 Å². The van der Waals surface area contributed by atoms with Crippen molar-refractivity contribution in [3.05, 3.63) is 16.3 Å². The maximum Gasteiger partial charge on any atom is 0.329 e. The fourth-order valence-corrected chi connectivity index (χ4v) is 1.70. The molecule has 0 unspecified atom stereocenters. The van der Waals surface area contributed by atoms with E-state index < -0.39 is 4.92 Å². The third-order valence-corrected chi connectivity index (χ3v) is 3.45. The Kier molecular flexibility index (Phi) is 4.99. The van der Waals surface area contributed by atoms with Gasteiger partial charge in [-0.1, -0.05) is 13.8 Å². The van der Waals surface area contributed by atoms with Gasteiger partial charge >= 0.3 is 5.69 Å². The Bertz CT molecular complexity index is 440. The number of nitrogen functional groups attached to an aromatic ring is 1. The monoisotopic (exact) mass is 269 g/mol. The van der Waals surface area contributed by atoms with E-state index in [4.69, 9.17) is 5.73 Å². The molecule has 0 aliphatic carbocycles.